The summed E-state index contributed by atoms with van der Waals surface area (Å²) >= 11 is 0. The molecule has 3 aromatic heterocycles. The van der Waals surface area contributed by atoms with E-state index >= 15 is 0 Å². The number of nitrogens with two attached hydrogens (primary N) is 1. The summed E-state index contributed by atoms with van der Waals surface area (Å²) < 4.78 is 13.7. The number of aromatic nitrogens is 5. The number of methoxy groups -OCH3 is 1. The normalized spacial score (nSPS) is 19.9. The number of nitrogen functional groups attached to an aromatic ring is 1. The van der Waals surface area contributed by atoms with Crippen molar-refractivity contribution in [1.82, 2.24) is 29.6 Å². The number of fused-ring (bicyclic) bond motifs is 2. The van der Waals surface area contributed by atoms with E-state index in [0.29, 0.717) is 64.0 Å². The van der Waals surface area contributed by atoms with Crippen LogP contribution in [0.25, 0.3) is 33.6 Å². The number of aryl methyl sites for hydroxylation is 2. The number of piperidine rings is 1. The first kappa shape index (κ1) is 25.3. The third-order valence-electron chi connectivity index (χ3n) is 8.45. The summed E-state index contributed by atoms with van der Waals surface area (Å²) in [5, 5.41) is 12.7. The van der Waals surface area contributed by atoms with Crippen LogP contribution >= 0.6 is 0 Å². The fourth-order valence-corrected chi connectivity index (χ4v) is 6.46. The van der Waals surface area contributed by atoms with Gasteiger partial charge in [-0.2, -0.15) is 0 Å². The number of likely N-dealkylation sites (tertiary alicyclic amines) is 1. The van der Waals surface area contributed by atoms with Crippen LogP contribution in [0.2, 0.25) is 0 Å². The lowest BCUT2D eigenvalue weighted by atomic mass is 10.1. The number of benzene rings is 2. The van der Waals surface area contributed by atoms with Gasteiger partial charge in [0, 0.05) is 75.1 Å². The van der Waals surface area contributed by atoms with Crippen LogP contribution in [0, 0.1) is 18.8 Å². The number of hydrogen-bond acceptors (Lipinski definition) is 10. The van der Waals surface area contributed by atoms with Crippen LogP contribution in [0.4, 0.5) is 23.0 Å². The van der Waals surface area contributed by atoms with Crippen LogP contribution in [0.5, 0.6) is 5.75 Å². The molecule has 1 aliphatic heterocycles. The maximum Gasteiger partial charge on any atom is 0.251 e. The number of rotatable bonds is 7. The van der Waals surface area contributed by atoms with Crippen molar-refractivity contribution in [3.63, 3.8) is 0 Å². The van der Waals surface area contributed by atoms with Crippen LogP contribution in [0.3, 0.4) is 0 Å². The Morgan fingerprint density at radius 2 is 1.88 bits per heavy atom. The van der Waals surface area contributed by atoms with Gasteiger partial charge in [-0.25, -0.2) is 9.97 Å². The second kappa shape index (κ2) is 9.48. The lowest BCUT2D eigenvalue weighted by Crippen LogP contribution is -2.31. The Hall–Kier alpha value is -4.64. The molecule has 3 atom stereocenters. The fraction of sp³-hybridized carbons (Fsp3) is 0.333. The van der Waals surface area contributed by atoms with Crippen LogP contribution in [-0.4, -0.2) is 70.0 Å². The summed E-state index contributed by atoms with van der Waals surface area (Å²) in [6.07, 6.45) is 3.76. The number of ether oxygens (including phenoxy) is 1. The molecule has 2 aromatic carbocycles. The molecular formula is C30H33N9O2. The predicted octanol–water partition coefficient (Wildman–Crippen LogP) is 4.32. The predicted molar refractivity (Wildman–Crippen MR) is 159 cm³/mol. The lowest BCUT2D eigenvalue weighted by Gasteiger charge is -2.26. The van der Waals surface area contributed by atoms with E-state index in [1.165, 1.54) is 0 Å². The molecule has 11 nitrogen and oxygen atoms in total. The molecule has 0 radical (unpaired) electrons. The third-order valence-corrected chi connectivity index (χ3v) is 8.45. The minimum Gasteiger partial charge on any atom is -0.494 e. The van der Waals surface area contributed by atoms with Crippen molar-refractivity contribution in [2.45, 2.75) is 13.0 Å². The first-order valence-electron chi connectivity index (χ1n) is 13.7. The van der Waals surface area contributed by atoms with Gasteiger partial charge >= 0.3 is 0 Å². The van der Waals surface area contributed by atoms with E-state index in [-0.39, 0.29) is 0 Å². The van der Waals surface area contributed by atoms with Gasteiger partial charge in [0.1, 0.15) is 5.75 Å². The van der Waals surface area contributed by atoms with Crippen LogP contribution in [0.15, 0.2) is 53.2 Å². The standard InChI is InChI=1S/C30H33N9O2/c1-16-35-36-29(41-16)18-12-32-30(34-27(18)19-15-38(3)24-9-7-6-8-17(19)24)33-23-10-22(31)25(11-26(23)40-5)39(4)28-20-13-37(2)14-21(20)28/h6-12,15,20-21,28H,13-14,31H2,1-5H3,(H,32,33,34)/t20-,21+,28?. The van der Waals surface area contributed by atoms with Crippen molar-refractivity contribution >= 4 is 33.9 Å². The van der Waals surface area contributed by atoms with E-state index in [9.17, 15) is 0 Å². The summed E-state index contributed by atoms with van der Waals surface area (Å²) in [5.74, 6) is 3.27. The average molecular weight is 552 g/mol. The molecule has 4 heterocycles. The summed E-state index contributed by atoms with van der Waals surface area (Å²) in [5.41, 5.74) is 12.3. The maximum atomic E-state index is 6.61. The molecular weight excluding hydrogens is 518 g/mol. The van der Waals surface area contributed by atoms with Crippen molar-refractivity contribution < 1.29 is 9.15 Å². The molecule has 0 spiro atoms. The Bertz CT molecular complexity index is 1770. The smallest absolute Gasteiger partial charge is 0.251 e. The van der Waals surface area contributed by atoms with E-state index in [1.54, 1.807) is 20.2 Å². The van der Waals surface area contributed by atoms with Gasteiger partial charge in [0.2, 0.25) is 11.8 Å². The second-order valence-electron chi connectivity index (χ2n) is 11.1. The molecule has 0 bridgehead atoms. The zero-order valence-corrected chi connectivity index (χ0v) is 23.8. The summed E-state index contributed by atoms with van der Waals surface area (Å²) in [6.45, 7) is 4.02. The Labute approximate surface area is 238 Å². The van der Waals surface area contributed by atoms with Crippen molar-refractivity contribution in [3.05, 3.63) is 54.7 Å². The molecule has 11 heteroatoms. The topological polar surface area (TPSA) is 123 Å². The van der Waals surface area contributed by atoms with Gasteiger partial charge in [-0.05, 0) is 31.0 Å². The van der Waals surface area contributed by atoms with Gasteiger partial charge in [0.05, 0.1) is 35.4 Å². The zero-order chi connectivity index (χ0) is 28.4. The van der Waals surface area contributed by atoms with Crippen LogP contribution < -0.4 is 20.7 Å². The zero-order valence-electron chi connectivity index (χ0n) is 23.8. The molecule has 3 N–H and O–H groups in total. The van der Waals surface area contributed by atoms with Crippen molar-refractivity contribution in [3.8, 4) is 28.5 Å². The highest BCUT2D eigenvalue weighted by molar-refractivity contribution is 5.98. The highest BCUT2D eigenvalue weighted by Gasteiger charge is 2.57. The third kappa shape index (κ3) is 4.24. The minimum atomic E-state index is 0.363. The number of nitrogens with one attached hydrogen (secondary N) is 1. The lowest BCUT2D eigenvalue weighted by molar-refractivity contribution is 0.360. The molecule has 1 saturated heterocycles. The summed E-state index contributed by atoms with van der Waals surface area (Å²) in [7, 11) is 7.98. The average Bonchev–Trinajstić information content (AvgIpc) is 3.27. The van der Waals surface area contributed by atoms with Gasteiger partial charge in [-0.15, -0.1) is 10.2 Å². The molecule has 5 aromatic rings. The van der Waals surface area contributed by atoms with Crippen molar-refractivity contribution in [1.29, 1.82) is 0 Å². The SMILES string of the molecule is COc1cc(N(C)C2[C@H]3CN(C)C[C@@H]23)c(N)cc1Nc1ncc(-c2nnc(C)o2)c(-c2cn(C)c3ccccc23)n1. The molecule has 0 amide bonds. The van der Waals surface area contributed by atoms with E-state index in [2.05, 4.69) is 67.3 Å². The molecule has 2 fully saturated rings. The molecule has 1 unspecified atom stereocenters. The Kier molecular flexibility index (Phi) is 5.86. The molecule has 2 aliphatic rings. The minimum absolute atomic E-state index is 0.363. The van der Waals surface area contributed by atoms with Gasteiger partial charge in [0.15, 0.2) is 0 Å². The van der Waals surface area contributed by atoms with Gasteiger partial charge in [-0.1, -0.05) is 18.2 Å². The van der Waals surface area contributed by atoms with Crippen molar-refractivity contribution in [2.24, 2.45) is 18.9 Å². The Balaban J connectivity index is 1.26. The highest BCUT2D eigenvalue weighted by Crippen LogP contribution is 2.50. The monoisotopic (exact) mass is 551 g/mol. The second-order valence-corrected chi connectivity index (χ2v) is 11.1. The van der Waals surface area contributed by atoms with Gasteiger partial charge < -0.3 is 34.6 Å². The maximum absolute atomic E-state index is 6.61. The number of nitrogens with zero attached hydrogens (tertiary/aromatic N) is 7. The van der Waals surface area contributed by atoms with E-state index in [4.69, 9.17) is 19.9 Å². The van der Waals surface area contributed by atoms with E-state index in [0.717, 1.165) is 35.2 Å². The molecule has 1 saturated carbocycles. The molecule has 1 aliphatic carbocycles. The molecule has 210 valence electrons. The largest absolute Gasteiger partial charge is 0.494 e. The van der Waals surface area contributed by atoms with Crippen molar-refractivity contribution in [2.75, 3.05) is 50.2 Å². The summed E-state index contributed by atoms with van der Waals surface area (Å²) in [4.78, 5) is 14.3. The number of anilines is 4. The first-order chi connectivity index (χ1) is 19.8. The molecule has 41 heavy (non-hydrogen) atoms. The quantitative estimate of drug-likeness (QED) is 0.283. The van der Waals surface area contributed by atoms with E-state index in [1.807, 2.05) is 31.3 Å². The highest BCUT2D eigenvalue weighted by atomic mass is 16.5. The summed E-state index contributed by atoms with van der Waals surface area (Å²) in [6, 6.07) is 12.6. The first-order valence-corrected chi connectivity index (χ1v) is 13.7. The van der Waals surface area contributed by atoms with Gasteiger partial charge in [0.25, 0.3) is 5.89 Å². The van der Waals surface area contributed by atoms with Crippen LogP contribution in [-0.2, 0) is 7.05 Å². The van der Waals surface area contributed by atoms with Gasteiger partial charge in [-0.3, -0.25) is 0 Å². The van der Waals surface area contributed by atoms with Crippen LogP contribution in [0.1, 0.15) is 5.89 Å². The number of para-hydroxylation sites is 1. The Morgan fingerprint density at radius 1 is 1.10 bits per heavy atom. The molecule has 7 rings (SSSR count). The number of hydrogen-bond donors (Lipinski definition) is 2. The van der Waals surface area contributed by atoms with E-state index < -0.39 is 0 Å². The fourth-order valence-electron chi connectivity index (χ4n) is 6.46. The Morgan fingerprint density at radius 3 is 2.61 bits per heavy atom.